The van der Waals surface area contributed by atoms with Crippen LogP contribution < -0.4 is 15.8 Å². The zero-order valence-corrected chi connectivity index (χ0v) is 13.1. The smallest absolute Gasteiger partial charge is 0.317 e. The van der Waals surface area contributed by atoms with E-state index < -0.39 is 0 Å². The molecule has 5 nitrogen and oxygen atoms in total. The number of nitrogens with one attached hydrogen (secondary N) is 1. The molecule has 20 heavy (non-hydrogen) atoms. The molecule has 1 aromatic carbocycles. The minimum absolute atomic E-state index is 0. The van der Waals surface area contributed by atoms with Crippen LogP contribution in [0.1, 0.15) is 31.9 Å². The number of nitrogens with zero attached hydrogens (tertiary/aromatic N) is 1. The fraction of sp³-hybridized carbons (Fsp3) is 0.500. The van der Waals surface area contributed by atoms with Crippen LogP contribution in [-0.2, 0) is 0 Å². The number of hydrogen-bond donors (Lipinski definition) is 2. The summed E-state index contributed by atoms with van der Waals surface area (Å²) in [6.07, 6.45) is 0.711. The predicted octanol–water partition coefficient (Wildman–Crippen LogP) is 2.56. The van der Waals surface area contributed by atoms with Crippen LogP contribution in [0.25, 0.3) is 0 Å². The van der Waals surface area contributed by atoms with Crippen LogP contribution in [0.15, 0.2) is 18.2 Å². The number of ether oxygens (including phenoxy) is 1. The summed E-state index contributed by atoms with van der Waals surface area (Å²) >= 11 is 0. The van der Waals surface area contributed by atoms with Crippen molar-refractivity contribution in [3.63, 3.8) is 0 Å². The second-order valence-corrected chi connectivity index (χ2v) is 5.76. The first-order chi connectivity index (χ1) is 8.78. The van der Waals surface area contributed by atoms with E-state index in [1.165, 1.54) is 4.90 Å². The lowest BCUT2D eigenvalue weighted by Gasteiger charge is -2.38. The molecule has 0 bridgehead atoms. The van der Waals surface area contributed by atoms with Crippen molar-refractivity contribution >= 4 is 24.1 Å². The standard InChI is InChI=1S/C14H21N3O2.ClH/c1-14(2)8-11(16-13(18)17(3)4)10-7-9(15)5-6-12(10)19-14;/h5-7,11H,8,15H2,1-4H3,(H,16,18);1H. The maximum atomic E-state index is 11.9. The van der Waals surface area contributed by atoms with Crippen LogP contribution in [0.2, 0.25) is 0 Å². The minimum Gasteiger partial charge on any atom is -0.487 e. The number of nitrogens with two attached hydrogens (primary N) is 1. The molecule has 6 heteroatoms. The molecule has 2 amide bonds. The number of carbonyl (C=O) groups excluding carboxylic acids is 1. The summed E-state index contributed by atoms with van der Waals surface area (Å²) in [5.74, 6) is 0.787. The third kappa shape index (κ3) is 3.48. The van der Waals surface area contributed by atoms with Crippen LogP contribution in [0.5, 0.6) is 5.75 Å². The van der Waals surface area contributed by atoms with Gasteiger partial charge < -0.3 is 20.7 Å². The molecule has 0 aromatic heterocycles. The van der Waals surface area contributed by atoms with E-state index in [0.717, 1.165) is 11.3 Å². The number of fused-ring (bicyclic) bond motifs is 1. The van der Waals surface area contributed by atoms with Gasteiger partial charge in [-0.2, -0.15) is 0 Å². The molecule has 0 spiro atoms. The second kappa shape index (κ2) is 5.79. The van der Waals surface area contributed by atoms with Crippen molar-refractivity contribution in [3.05, 3.63) is 23.8 Å². The number of amides is 2. The Morgan fingerprint density at radius 3 is 2.70 bits per heavy atom. The van der Waals surface area contributed by atoms with Crippen LogP contribution in [0.3, 0.4) is 0 Å². The van der Waals surface area contributed by atoms with Gasteiger partial charge in [0, 0.05) is 31.8 Å². The van der Waals surface area contributed by atoms with Gasteiger partial charge in [0.2, 0.25) is 0 Å². The lowest BCUT2D eigenvalue weighted by molar-refractivity contribution is 0.0671. The zero-order chi connectivity index (χ0) is 14.2. The van der Waals surface area contributed by atoms with Crippen molar-refractivity contribution in [1.29, 1.82) is 0 Å². The van der Waals surface area contributed by atoms with Crippen molar-refractivity contribution < 1.29 is 9.53 Å². The van der Waals surface area contributed by atoms with E-state index in [1.807, 2.05) is 32.0 Å². The molecular weight excluding hydrogens is 278 g/mol. The molecule has 1 atom stereocenters. The van der Waals surface area contributed by atoms with E-state index in [2.05, 4.69) is 5.32 Å². The maximum absolute atomic E-state index is 11.9. The van der Waals surface area contributed by atoms with Crippen LogP contribution in [-0.4, -0.2) is 30.6 Å². The molecule has 0 aliphatic carbocycles. The van der Waals surface area contributed by atoms with Crippen molar-refractivity contribution in [2.75, 3.05) is 19.8 Å². The topological polar surface area (TPSA) is 67.6 Å². The fourth-order valence-electron chi connectivity index (χ4n) is 2.28. The first-order valence-corrected chi connectivity index (χ1v) is 6.35. The summed E-state index contributed by atoms with van der Waals surface area (Å²) in [4.78, 5) is 13.4. The Morgan fingerprint density at radius 1 is 1.45 bits per heavy atom. The highest BCUT2D eigenvalue weighted by molar-refractivity contribution is 5.85. The van der Waals surface area contributed by atoms with Crippen molar-refractivity contribution in [2.24, 2.45) is 0 Å². The Labute approximate surface area is 125 Å². The summed E-state index contributed by atoms with van der Waals surface area (Å²) in [6, 6.07) is 5.34. The highest BCUT2D eigenvalue weighted by atomic mass is 35.5. The normalized spacial score (nSPS) is 19.1. The highest BCUT2D eigenvalue weighted by Crippen LogP contribution is 2.40. The quantitative estimate of drug-likeness (QED) is 0.783. The van der Waals surface area contributed by atoms with E-state index in [0.29, 0.717) is 12.1 Å². The number of benzene rings is 1. The van der Waals surface area contributed by atoms with Crippen molar-refractivity contribution in [2.45, 2.75) is 31.9 Å². The molecule has 2 rings (SSSR count). The second-order valence-electron chi connectivity index (χ2n) is 5.76. The van der Waals surface area contributed by atoms with Gasteiger partial charge in [-0.3, -0.25) is 0 Å². The van der Waals surface area contributed by atoms with Gasteiger partial charge in [0.05, 0.1) is 6.04 Å². The van der Waals surface area contributed by atoms with Gasteiger partial charge in [0.1, 0.15) is 11.4 Å². The molecular formula is C14H22ClN3O2. The average molecular weight is 300 g/mol. The molecule has 3 N–H and O–H groups in total. The molecule has 0 radical (unpaired) electrons. The fourth-order valence-corrected chi connectivity index (χ4v) is 2.28. The third-order valence-corrected chi connectivity index (χ3v) is 3.20. The van der Waals surface area contributed by atoms with E-state index in [1.54, 1.807) is 14.1 Å². The highest BCUT2D eigenvalue weighted by Gasteiger charge is 2.34. The van der Waals surface area contributed by atoms with Crippen molar-refractivity contribution in [3.8, 4) is 5.75 Å². The zero-order valence-electron chi connectivity index (χ0n) is 12.3. The molecule has 1 heterocycles. The number of rotatable bonds is 1. The lowest BCUT2D eigenvalue weighted by Crippen LogP contribution is -2.44. The van der Waals surface area contributed by atoms with Crippen LogP contribution in [0, 0.1) is 0 Å². The number of nitrogen functional groups attached to an aromatic ring is 1. The Hall–Kier alpha value is -1.62. The van der Waals surface area contributed by atoms with Gasteiger partial charge in [-0.05, 0) is 32.0 Å². The van der Waals surface area contributed by atoms with Gasteiger partial charge in [0.25, 0.3) is 0 Å². The van der Waals surface area contributed by atoms with Gasteiger partial charge in [-0.25, -0.2) is 4.79 Å². The Bertz CT molecular complexity index is 503. The Kier molecular flexibility index (Phi) is 4.76. The number of carbonyl (C=O) groups is 1. The van der Waals surface area contributed by atoms with Gasteiger partial charge in [-0.1, -0.05) is 0 Å². The van der Waals surface area contributed by atoms with E-state index >= 15 is 0 Å². The minimum atomic E-state index is -0.312. The van der Waals surface area contributed by atoms with Gasteiger partial charge >= 0.3 is 6.03 Å². The first-order valence-electron chi connectivity index (χ1n) is 6.35. The molecule has 1 aromatic rings. The number of halogens is 1. The Balaban J connectivity index is 0.00000200. The number of hydrogen-bond acceptors (Lipinski definition) is 3. The first kappa shape index (κ1) is 16.4. The number of anilines is 1. The molecule has 0 saturated carbocycles. The van der Waals surface area contributed by atoms with Crippen LogP contribution in [0.4, 0.5) is 10.5 Å². The van der Waals surface area contributed by atoms with E-state index in [-0.39, 0.29) is 30.1 Å². The summed E-state index contributed by atoms with van der Waals surface area (Å²) < 4.78 is 5.93. The molecule has 0 saturated heterocycles. The predicted molar refractivity (Wildman–Crippen MR) is 82.4 cm³/mol. The largest absolute Gasteiger partial charge is 0.487 e. The summed E-state index contributed by atoms with van der Waals surface area (Å²) in [5, 5.41) is 3.01. The van der Waals surface area contributed by atoms with Gasteiger partial charge in [0.15, 0.2) is 0 Å². The summed E-state index contributed by atoms with van der Waals surface area (Å²) in [5.41, 5.74) is 7.12. The maximum Gasteiger partial charge on any atom is 0.317 e. The van der Waals surface area contributed by atoms with Crippen molar-refractivity contribution in [1.82, 2.24) is 10.2 Å². The van der Waals surface area contributed by atoms with Gasteiger partial charge in [-0.15, -0.1) is 12.4 Å². The van der Waals surface area contributed by atoms with E-state index in [4.69, 9.17) is 10.5 Å². The molecule has 1 unspecified atom stereocenters. The van der Waals surface area contributed by atoms with E-state index in [9.17, 15) is 4.79 Å². The SMILES string of the molecule is CN(C)C(=O)NC1CC(C)(C)Oc2ccc(N)cc21.Cl. The monoisotopic (exact) mass is 299 g/mol. The molecule has 1 aliphatic rings. The summed E-state index contributed by atoms with van der Waals surface area (Å²) in [7, 11) is 3.44. The average Bonchev–Trinajstić information content (AvgIpc) is 2.29. The van der Waals surface area contributed by atoms with Crippen LogP contribution >= 0.6 is 12.4 Å². The summed E-state index contributed by atoms with van der Waals surface area (Å²) in [6.45, 7) is 4.03. The Morgan fingerprint density at radius 2 is 2.10 bits per heavy atom. The lowest BCUT2D eigenvalue weighted by atomic mass is 9.89. The molecule has 1 aliphatic heterocycles. The number of urea groups is 1. The third-order valence-electron chi connectivity index (χ3n) is 3.20. The molecule has 112 valence electrons. The molecule has 0 fully saturated rings.